The molecular formula is C15H25N. The van der Waals surface area contributed by atoms with Crippen LogP contribution in [0.4, 0.5) is 0 Å². The molecule has 0 aromatic heterocycles. The second-order valence-corrected chi connectivity index (χ2v) is 5.44. The highest BCUT2D eigenvalue weighted by atomic mass is 15.2. The van der Waals surface area contributed by atoms with Crippen molar-refractivity contribution in [3.05, 3.63) is 0 Å². The Kier molecular flexibility index (Phi) is 4.29. The van der Waals surface area contributed by atoms with Gasteiger partial charge in [0.25, 0.3) is 0 Å². The van der Waals surface area contributed by atoms with Gasteiger partial charge in [-0.15, -0.1) is 12.3 Å². The summed E-state index contributed by atoms with van der Waals surface area (Å²) in [5, 5.41) is 0. The van der Waals surface area contributed by atoms with E-state index < -0.39 is 0 Å². The van der Waals surface area contributed by atoms with E-state index in [2.05, 4.69) is 17.7 Å². The Balaban J connectivity index is 1.89. The smallest absolute Gasteiger partial charge is 0.0127 e. The van der Waals surface area contributed by atoms with Crippen molar-refractivity contribution in [1.29, 1.82) is 0 Å². The van der Waals surface area contributed by atoms with Gasteiger partial charge in [0.1, 0.15) is 0 Å². The standard InChI is InChI=1S/C15H25N/c1-3-5-6-8-14-11-10-13(4-2)15-9-7-12-16(14)15/h1,13-15H,4-12H2,2H3/t13-,14+,15-/m0/s1. The van der Waals surface area contributed by atoms with E-state index in [0.29, 0.717) is 0 Å². The van der Waals surface area contributed by atoms with Gasteiger partial charge in [0.15, 0.2) is 0 Å². The molecule has 3 atom stereocenters. The Labute approximate surface area is 101 Å². The minimum Gasteiger partial charge on any atom is -0.297 e. The van der Waals surface area contributed by atoms with Gasteiger partial charge in [-0.05, 0) is 51.0 Å². The second-order valence-electron chi connectivity index (χ2n) is 5.44. The van der Waals surface area contributed by atoms with E-state index in [4.69, 9.17) is 6.42 Å². The fraction of sp³-hybridized carbons (Fsp3) is 0.867. The van der Waals surface area contributed by atoms with E-state index in [9.17, 15) is 0 Å². The van der Waals surface area contributed by atoms with Crippen molar-refractivity contribution in [3.8, 4) is 12.3 Å². The molecule has 0 aliphatic carbocycles. The van der Waals surface area contributed by atoms with Gasteiger partial charge in [-0.1, -0.05) is 13.3 Å². The molecule has 0 amide bonds. The van der Waals surface area contributed by atoms with Gasteiger partial charge in [-0.25, -0.2) is 0 Å². The van der Waals surface area contributed by atoms with Crippen LogP contribution < -0.4 is 0 Å². The Morgan fingerprint density at radius 1 is 1.31 bits per heavy atom. The quantitative estimate of drug-likeness (QED) is 0.517. The molecule has 2 saturated heterocycles. The van der Waals surface area contributed by atoms with Crippen molar-refractivity contribution in [2.45, 2.75) is 70.4 Å². The van der Waals surface area contributed by atoms with Crippen LogP contribution in [0.25, 0.3) is 0 Å². The summed E-state index contributed by atoms with van der Waals surface area (Å²) >= 11 is 0. The molecule has 2 aliphatic rings. The molecule has 0 radical (unpaired) electrons. The second kappa shape index (κ2) is 5.73. The zero-order valence-electron chi connectivity index (χ0n) is 10.6. The first-order valence-electron chi connectivity index (χ1n) is 7.06. The highest BCUT2D eigenvalue weighted by Gasteiger charge is 2.38. The van der Waals surface area contributed by atoms with E-state index >= 15 is 0 Å². The summed E-state index contributed by atoms with van der Waals surface area (Å²) in [6.45, 7) is 3.71. The third kappa shape index (κ3) is 2.43. The summed E-state index contributed by atoms with van der Waals surface area (Å²) in [4.78, 5) is 2.81. The molecule has 0 saturated carbocycles. The highest BCUT2D eigenvalue weighted by Crippen LogP contribution is 2.38. The van der Waals surface area contributed by atoms with E-state index in [1.807, 2.05) is 0 Å². The maximum Gasteiger partial charge on any atom is 0.0127 e. The maximum atomic E-state index is 5.33. The van der Waals surface area contributed by atoms with Crippen LogP contribution in [0.5, 0.6) is 0 Å². The summed E-state index contributed by atoms with van der Waals surface area (Å²) in [6, 6.07) is 1.76. The predicted octanol–water partition coefficient (Wildman–Crippen LogP) is 3.44. The number of unbranched alkanes of at least 4 members (excludes halogenated alkanes) is 1. The number of terminal acetylenes is 1. The first-order chi connectivity index (χ1) is 7.86. The predicted molar refractivity (Wildman–Crippen MR) is 69.2 cm³/mol. The van der Waals surface area contributed by atoms with E-state index in [1.54, 1.807) is 0 Å². The van der Waals surface area contributed by atoms with Crippen molar-refractivity contribution >= 4 is 0 Å². The maximum absolute atomic E-state index is 5.33. The van der Waals surface area contributed by atoms with Crippen LogP contribution in [0.2, 0.25) is 0 Å². The fourth-order valence-electron chi connectivity index (χ4n) is 3.77. The number of nitrogens with zero attached hydrogens (tertiary/aromatic N) is 1. The number of hydrogen-bond acceptors (Lipinski definition) is 1. The largest absolute Gasteiger partial charge is 0.297 e. The molecule has 90 valence electrons. The van der Waals surface area contributed by atoms with Crippen LogP contribution in [0, 0.1) is 18.3 Å². The average Bonchev–Trinajstić information content (AvgIpc) is 2.79. The average molecular weight is 219 g/mol. The summed E-state index contributed by atoms with van der Waals surface area (Å²) in [6.07, 6.45) is 16.0. The van der Waals surface area contributed by atoms with Crippen LogP contribution >= 0.6 is 0 Å². The zero-order chi connectivity index (χ0) is 11.4. The Bertz CT molecular complexity index is 253. The number of piperidine rings is 1. The van der Waals surface area contributed by atoms with Crippen LogP contribution in [-0.2, 0) is 0 Å². The van der Waals surface area contributed by atoms with Crippen LogP contribution in [0.1, 0.15) is 58.3 Å². The lowest BCUT2D eigenvalue weighted by Crippen LogP contribution is -2.47. The number of rotatable bonds is 4. The monoisotopic (exact) mass is 219 g/mol. The number of fused-ring (bicyclic) bond motifs is 1. The molecule has 2 heterocycles. The SMILES string of the molecule is C#CCCC[C@@H]1CC[C@H](CC)[C@@H]2CCCN12. The Hall–Kier alpha value is -0.480. The molecular weight excluding hydrogens is 194 g/mol. The van der Waals surface area contributed by atoms with Gasteiger partial charge in [0.2, 0.25) is 0 Å². The van der Waals surface area contributed by atoms with Crippen molar-refractivity contribution in [1.82, 2.24) is 4.90 Å². The van der Waals surface area contributed by atoms with Gasteiger partial charge in [0, 0.05) is 18.5 Å². The molecule has 1 heteroatoms. The highest BCUT2D eigenvalue weighted by molar-refractivity contribution is 4.94. The lowest BCUT2D eigenvalue weighted by atomic mass is 9.83. The number of hydrogen-bond donors (Lipinski definition) is 0. The minimum absolute atomic E-state index is 0.851. The molecule has 1 nitrogen and oxygen atoms in total. The lowest BCUT2D eigenvalue weighted by molar-refractivity contribution is 0.0665. The molecule has 2 rings (SSSR count). The lowest BCUT2D eigenvalue weighted by Gasteiger charge is -2.42. The summed E-state index contributed by atoms with van der Waals surface area (Å²) < 4.78 is 0. The van der Waals surface area contributed by atoms with E-state index in [-0.39, 0.29) is 0 Å². The van der Waals surface area contributed by atoms with Crippen molar-refractivity contribution < 1.29 is 0 Å². The fourth-order valence-corrected chi connectivity index (χ4v) is 3.77. The molecule has 0 unspecified atom stereocenters. The van der Waals surface area contributed by atoms with Gasteiger partial charge in [0.05, 0.1) is 0 Å². The van der Waals surface area contributed by atoms with Crippen LogP contribution in [0.3, 0.4) is 0 Å². The van der Waals surface area contributed by atoms with Crippen LogP contribution in [-0.4, -0.2) is 23.5 Å². The van der Waals surface area contributed by atoms with Gasteiger partial charge >= 0.3 is 0 Å². The zero-order valence-corrected chi connectivity index (χ0v) is 10.6. The molecule has 0 aromatic rings. The molecule has 2 fully saturated rings. The topological polar surface area (TPSA) is 3.24 Å². The third-order valence-electron chi connectivity index (χ3n) is 4.61. The summed E-state index contributed by atoms with van der Waals surface area (Å²) in [5.74, 6) is 3.75. The first-order valence-corrected chi connectivity index (χ1v) is 7.06. The Morgan fingerprint density at radius 2 is 2.19 bits per heavy atom. The first kappa shape index (κ1) is 12.0. The van der Waals surface area contributed by atoms with Crippen LogP contribution in [0.15, 0.2) is 0 Å². The minimum atomic E-state index is 0.851. The van der Waals surface area contributed by atoms with Gasteiger partial charge in [-0.3, -0.25) is 4.90 Å². The van der Waals surface area contributed by atoms with Crippen molar-refractivity contribution in [2.24, 2.45) is 5.92 Å². The Morgan fingerprint density at radius 3 is 2.94 bits per heavy atom. The normalized spacial score (nSPS) is 34.6. The van der Waals surface area contributed by atoms with Gasteiger partial charge < -0.3 is 0 Å². The summed E-state index contributed by atoms with van der Waals surface area (Å²) in [5.41, 5.74) is 0. The molecule has 16 heavy (non-hydrogen) atoms. The molecule has 2 aliphatic heterocycles. The third-order valence-corrected chi connectivity index (χ3v) is 4.61. The molecule has 0 N–H and O–H groups in total. The van der Waals surface area contributed by atoms with Gasteiger partial charge in [-0.2, -0.15) is 0 Å². The van der Waals surface area contributed by atoms with E-state index in [0.717, 1.165) is 24.4 Å². The summed E-state index contributed by atoms with van der Waals surface area (Å²) in [7, 11) is 0. The van der Waals surface area contributed by atoms with Crippen molar-refractivity contribution in [2.75, 3.05) is 6.54 Å². The molecule has 0 spiro atoms. The molecule has 0 bridgehead atoms. The molecule has 0 aromatic carbocycles. The van der Waals surface area contributed by atoms with Crippen molar-refractivity contribution in [3.63, 3.8) is 0 Å². The van der Waals surface area contributed by atoms with E-state index in [1.165, 1.54) is 51.5 Å².